The van der Waals surface area contributed by atoms with Crippen LogP contribution in [0.5, 0.6) is 0 Å². The molecule has 6 heteroatoms. The predicted molar refractivity (Wildman–Crippen MR) is 103 cm³/mol. The van der Waals surface area contributed by atoms with Crippen molar-refractivity contribution in [1.82, 2.24) is 20.5 Å². The van der Waals surface area contributed by atoms with E-state index in [0.717, 1.165) is 35.6 Å². The Labute approximate surface area is 154 Å². The minimum absolute atomic E-state index is 0.169. The van der Waals surface area contributed by atoms with Crippen LogP contribution in [0.25, 0.3) is 10.9 Å². The number of aromatic amines is 1. The van der Waals surface area contributed by atoms with Gasteiger partial charge >= 0.3 is 0 Å². The summed E-state index contributed by atoms with van der Waals surface area (Å²) in [5.74, 6) is -0.169. The number of aromatic nitrogens is 1. The van der Waals surface area contributed by atoms with E-state index in [9.17, 15) is 9.59 Å². The van der Waals surface area contributed by atoms with Crippen molar-refractivity contribution in [3.8, 4) is 0 Å². The van der Waals surface area contributed by atoms with Gasteiger partial charge in [-0.2, -0.15) is 0 Å². The van der Waals surface area contributed by atoms with Gasteiger partial charge in [-0.25, -0.2) is 0 Å². The molecule has 1 aromatic heterocycles. The number of nitrogens with one attached hydrogen (secondary N) is 3. The van der Waals surface area contributed by atoms with Crippen molar-refractivity contribution in [1.29, 1.82) is 0 Å². The highest BCUT2D eigenvalue weighted by molar-refractivity contribution is 5.86. The zero-order valence-corrected chi connectivity index (χ0v) is 15.7. The lowest BCUT2D eigenvalue weighted by Gasteiger charge is -2.24. The molecular formula is C20H28N4O2. The number of H-pyrrole nitrogens is 1. The normalized spacial score (nSPS) is 21.8. The van der Waals surface area contributed by atoms with E-state index in [-0.39, 0.29) is 12.5 Å². The number of nitrogens with zero attached hydrogens (tertiary/aromatic N) is 1. The summed E-state index contributed by atoms with van der Waals surface area (Å²) in [7, 11) is 3.87. The van der Waals surface area contributed by atoms with Crippen LogP contribution in [0.15, 0.2) is 24.3 Å². The van der Waals surface area contributed by atoms with Crippen molar-refractivity contribution in [2.24, 2.45) is 0 Å². The first kappa shape index (κ1) is 18.6. The van der Waals surface area contributed by atoms with Crippen LogP contribution in [0.2, 0.25) is 0 Å². The maximum atomic E-state index is 11.9. The van der Waals surface area contributed by atoms with Gasteiger partial charge in [0.1, 0.15) is 6.29 Å². The molecule has 0 spiro atoms. The van der Waals surface area contributed by atoms with Crippen molar-refractivity contribution < 1.29 is 9.59 Å². The fourth-order valence-electron chi connectivity index (χ4n) is 3.96. The van der Waals surface area contributed by atoms with Gasteiger partial charge in [0.25, 0.3) is 0 Å². The van der Waals surface area contributed by atoms with Crippen LogP contribution >= 0.6 is 0 Å². The number of hydrogen-bond acceptors (Lipinski definition) is 4. The van der Waals surface area contributed by atoms with Crippen LogP contribution in [-0.2, 0) is 16.0 Å². The molecule has 140 valence electrons. The quantitative estimate of drug-likeness (QED) is 0.661. The zero-order chi connectivity index (χ0) is 18.7. The number of fused-ring (bicyclic) bond motifs is 1. The van der Waals surface area contributed by atoms with Crippen molar-refractivity contribution >= 4 is 23.1 Å². The van der Waals surface area contributed by atoms with Gasteiger partial charge < -0.3 is 20.4 Å². The second-order valence-electron chi connectivity index (χ2n) is 7.21. The summed E-state index contributed by atoms with van der Waals surface area (Å²) < 4.78 is 0. The van der Waals surface area contributed by atoms with Gasteiger partial charge in [-0.05, 0) is 45.5 Å². The first-order valence-corrected chi connectivity index (χ1v) is 9.25. The average Bonchev–Trinajstić information content (AvgIpc) is 3.15. The van der Waals surface area contributed by atoms with Crippen LogP contribution < -0.4 is 10.6 Å². The Morgan fingerprint density at radius 3 is 2.81 bits per heavy atom. The summed E-state index contributed by atoms with van der Waals surface area (Å²) >= 11 is 0. The lowest BCUT2D eigenvalue weighted by Crippen LogP contribution is -2.41. The van der Waals surface area contributed by atoms with Crippen LogP contribution in [-0.4, -0.2) is 54.8 Å². The van der Waals surface area contributed by atoms with Gasteiger partial charge in [0, 0.05) is 29.1 Å². The van der Waals surface area contributed by atoms with Gasteiger partial charge in [-0.3, -0.25) is 9.69 Å². The second-order valence-corrected chi connectivity index (χ2v) is 7.21. The molecule has 3 unspecified atom stereocenters. The monoisotopic (exact) mass is 356 g/mol. The summed E-state index contributed by atoms with van der Waals surface area (Å²) in [4.78, 5) is 29.5. The average molecular weight is 356 g/mol. The van der Waals surface area contributed by atoms with E-state index in [0.29, 0.717) is 18.5 Å². The highest BCUT2D eigenvalue weighted by Crippen LogP contribution is 2.38. The molecule has 0 saturated carbocycles. The van der Waals surface area contributed by atoms with Crippen LogP contribution in [0.3, 0.4) is 0 Å². The molecule has 1 aromatic carbocycles. The minimum Gasteiger partial charge on any atom is -0.357 e. The fraction of sp³-hybridized carbons (Fsp3) is 0.500. The summed E-state index contributed by atoms with van der Waals surface area (Å²) in [6.07, 6.45) is 3.58. The van der Waals surface area contributed by atoms with E-state index in [1.165, 1.54) is 5.69 Å². The molecule has 1 aliphatic rings. The number of benzene rings is 1. The predicted octanol–water partition coefficient (Wildman–Crippen LogP) is 1.77. The molecule has 6 nitrogen and oxygen atoms in total. The SMILES string of the molecule is CNCC(=O)NC(C=O)Cc1c(C2CCC(C)N2C)[nH]c2ccccc12. The molecule has 2 heterocycles. The minimum atomic E-state index is -0.530. The Bertz CT molecular complexity index is 785. The van der Waals surface area contributed by atoms with E-state index < -0.39 is 6.04 Å². The first-order valence-electron chi connectivity index (χ1n) is 9.25. The maximum absolute atomic E-state index is 11.9. The number of hydrogen-bond donors (Lipinski definition) is 3. The number of amides is 1. The number of rotatable bonds is 7. The Hall–Kier alpha value is -2.18. The molecule has 2 aromatic rings. The number of aldehydes is 1. The Morgan fingerprint density at radius 1 is 1.38 bits per heavy atom. The van der Waals surface area contributed by atoms with Crippen LogP contribution in [0.1, 0.15) is 37.1 Å². The smallest absolute Gasteiger partial charge is 0.234 e. The molecule has 3 atom stereocenters. The topological polar surface area (TPSA) is 77.2 Å². The van der Waals surface area contributed by atoms with Gasteiger partial charge in [-0.1, -0.05) is 18.2 Å². The number of likely N-dealkylation sites (N-methyl/N-ethyl adjacent to an activating group) is 1. The molecule has 0 aliphatic carbocycles. The highest BCUT2D eigenvalue weighted by atomic mass is 16.2. The van der Waals surface area contributed by atoms with E-state index in [1.54, 1.807) is 7.05 Å². The molecule has 0 radical (unpaired) electrons. The molecule has 1 saturated heterocycles. The lowest BCUT2D eigenvalue weighted by molar-refractivity contribution is -0.123. The molecule has 26 heavy (non-hydrogen) atoms. The van der Waals surface area contributed by atoms with Crippen LogP contribution in [0.4, 0.5) is 0 Å². The Balaban J connectivity index is 1.94. The van der Waals surface area contributed by atoms with E-state index >= 15 is 0 Å². The zero-order valence-electron chi connectivity index (χ0n) is 15.7. The van der Waals surface area contributed by atoms with Crippen molar-refractivity contribution in [2.45, 2.75) is 44.3 Å². The number of carbonyl (C=O) groups is 2. The largest absolute Gasteiger partial charge is 0.357 e. The fourth-order valence-corrected chi connectivity index (χ4v) is 3.96. The maximum Gasteiger partial charge on any atom is 0.234 e. The summed E-state index contributed by atoms with van der Waals surface area (Å²) in [6, 6.07) is 8.50. The summed E-state index contributed by atoms with van der Waals surface area (Å²) in [5, 5.41) is 6.75. The van der Waals surface area contributed by atoms with Crippen molar-refractivity contribution in [2.75, 3.05) is 20.6 Å². The molecular weight excluding hydrogens is 328 g/mol. The first-order chi connectivity index (χ1) is 12.5. The number of likely N-dealkylation sites (tertiary alicyclic amines) is 1. The van der Waals surface area contributed by atoms with E-state index in [4.69, 9.17) is 0 Å². The number of para-hydroxylation sites is 1. The van der Waals surface area contributed by atoms with Gasteiger partial charge in [-0.15, -0.1) is 0 Å². The van der Waals surface area contributed by atoms with Gasteiger partial charge in [0.05, 0.1) is 18.6 Å². The van der Waals surface area contributed by atoms with Crippen molar-refractivity contribution in [3.63, 3.8) is 0 Å². The summed E-state index contributed by atoms with van der Waals surface area (Å²) in [6.45, 7) is 2.45. The highest BCUT2D eigenvalue weighted by Gasteiger charge is 2.32. The molecule has 1 amide bonds. The second kappa shape index (κ2) is 8.01. The summed E-state index contributed by atoms with van der Waals surface area (Å²) in [5.41, 5.74) is 3.39. The van der Waals surface area contributed by atoms with Gasteiger partial charge in [0.15, 0.2) is 0 Å². The third-order valence-corrected chi connectivity index (χ3v) is 5.50. The lowest BCUT2D eigenvalue weighted by atomic mass is 9.98. The van der Waals surface area contributed by atoms with Crippen molar-refractivity contribution in [3.05, 3.63) is 35.5 Å². The third kappa shape index (κ3) is 3.66. The molecule has 3 N–H and O–H groups in total. The number of carbonyl (C=O) groups excluding carboxylic acids is 2. The molecule has 0 bridgehead atoms. The van der Waals surface area contributed by atoms with E-state index in [1.807, 2.05) is 12.1 Å². The Morgan fingerprint density at radius 2 is 2.15 bits per heavy atom. The third-order valence-electron chi connectivity index (χ3n) is 5.50. The van der Waals surface area contributed by atoms with Crippen LogP contribution in [0, 0.1) is 0 Å². The molecule has 3 rings (SSSR count). The Kier molecular flexibility index (Phi) is 5.74. The van der Waals surface area contributed by atoms with E-state index in [2.05, 4.69) is 46.6 Å². The van der Waals surface area contributed by atoms with Gasteiger partial charge in [0.2, 0.25) is 5.91 Å². The molecule has 1 aliphatic heterocycles. The standard InChI is InChI=1S/C20H28N4O2/c1-13-8-9-18(24(13)3)20-16(15-6-4-5-7-17(15)23-20)10-14(12-25)22-19(26)11-21-2/h4-7,12-14,18,21,23H,8-11H2,1-3H3,(H,22,26). The molecule has 1 fully saturated rings.